The number of anilines is 1. The third kappa shape index (κ3) is 4.40. The van der Waals surface area contributed by atoms with E-state index in [0.29, 0.717) is 11.1 Å². The lowest BCUT2D eigenvalue weighted by Crippen LogP contribution is -2.58. The number of Topliss-reactive ketones (excluding diaryl/α,β-unsaturated/α-hetero) is 1. The topological polar surface area (TPSA) is 123 Å². The number of aliphatic hydroxyl groups is 1. The first-order valence-corrected chi connectivity index (χ1v) is 11.7. The molecule has 0 unspecified atom stereocenters. The van der Waals surface area contributed by atoms with Crippen molar-refractivity contribution in [2.45, 2.75) is 37.2 Å². The number of hydrogen-bond donors (Lipinski definition) is 2. The summed E-state index contributed by atoms with van der Waals surface area (Å²) in [5.41, 5.74) is -0.150. The molecular weight excluding hydrogens is 505 g/mol. The Morgan fingerprint density at radius 3 is 2.47 bits per heavy atom. The highest BCUT2D eigenvalue weighted by molar-refractivity contribution is 6.12. The molecule has 2 aliphatic heterocycles. The van der Waals surface area contributed by atoms with Crippen LogP contribution in [-0.4, -0.2) is 53.2 Å². The fraction of sp³-hybridized carbons (Fsp3) is 0.308. The van der Waals surface area contributed by atoms with Gasteiger partial charge in [0.2, 0.25) is 0 Å². The van der Waals surface area contributed by atoms with Crippen molar-refractivity contribution in [1.82, 2.24) is 10.2 Å². The number of alkyl halides is 3. The molecule has 1 saturated heterocycles. The summed E-state index contributed by atoms with van der Waals surface area (Å²) in [4.78, 5) is 42.4. The third-order valence-corrected chi connectivity index (χ3v) is 6.76. The van der Waals surface area contributed by atoms with E-state index in [2.05, 4.69) is 5.32 Å². The van der Waals surface area contributed by atoms with Crippen molar-refractivity contribution in [3.63, 3.8) is 0 Å². The first-order valence-electron chi connectivity index (χ1n) is 11.7. The van der Waals surface area contributed by atoms with E-state index in [-0.39, 0.29) is 48.8 Å². The van der Waals surface area contributed by atoms with Gasteiger partial charge in [0, 0.05) is 17.7 Å². The molecule has 0 spiro atoms. The highest BCUT2D eigenvalue weighted by atomic mass is 19.4. The molecule has 5 rings (SSSR count). The molecule has 1 aliphatic carbocycles. The standard InChI is InChI=1S/C26H21F3N4O5/c27-26(28,29)16-2-1-3-17(10-16)32-19-8-9-20(34)22(19)23(15-6-4-14(11-30)5-7-15)33(25(32)37)24(36)31-18-12-38-13-21(18)35/h1-7,10,18,21,23,35H,8-9,12-13H2,(H,31,36)/t18-,21-,23+/m0/s1. The Labute approximate surface area is 214 Å². The molecule has 3 aliphatic rings. The van der Waals surface area contributed by atoms with Gasteiger partial charge in [-0.15, -0.1) is 0 Å². The molecular formula is C26H21F3N4O5. The number of nitrogens with zero attached hydrogens (tertiary/aromatic N) is 3. The number of urea groups is 2. The van der Waals surface area contributed by atoms with Crippen LogP contribution < -0.4 is 10.2 Å². The highest BCUT2D eigenvalue weighted by Crippen LogP contribution is 2.45. The Morgan fingerprint density at radius 1 is 1.11 bits per heavy atom. The van der Waals surface area contributed by atoms with Crippen molar-refractivity contribution in [2.75, 3.05) is 18.1 Å². The van der Waals surface area contributed by atoms with Crippen LogP contribution in [0.3, 0.4) is 0 Å². The van der Waals surface area contributed by atoms with Crippen LogP contribution in [0, 0.1) is 11.3 Å². The van der Waals surface area contributed by atoms with Crippen LogP contribution in [0.4, 0.5) is 28.4 Å². The Bertz CT molecular complexity index is 1380. The van der Waals surface area contributed by atoms with Gasteiger partial charge in [0.15, 0.2) is 5.78 Å². The van der Waals surface area contributed by atoms with Crippen LogP contribution in [0.25, 0.3) is 0 Å². The van der Waals surface area contributed by atoms with E-state index < -0.39 is 42.0 Å². The summed E-state index contributed by atoms with van der Waals surface area (Å²) in [5.74, 6) is -0.360. The van der Waals surface area contributed by atoms with E-state index in [4.69, 9.17) is 4.74 Å². The number of imide groups is 1. The average Bonchev–Trinajstić information content (AvgIpc) is 3.47. The summed E-state index contributed by atoms with van der Waals surface area (Å²) in [6, 6.07) is 8.10. The fourth-order valence-electron chi connectivity index (χ4n) is 4.92. The van der Waals surface area contributed by atoms with E-state index in [1.165, 1.54) is 30.3 Å². The number of rotatable bonds is 3. The Kier molecular flexibility index (Phi) is 6.42. The molecule has 0 radical (unpaired) electrons. The zero-order valence-electron chi connectivity index (χ0n) is 19.7. The Morgan fingerprint density at radius 2 is 1.84 bits per heavy atom. The van der Waals surface area contributed by atoms with Crippen LogP contribution in [0.1, 0.15) is 35.6 Å². The largest absolute Gasteiger partial charge is 0.416 e. The smallest absolute Gasteiger partial charge is 0.388 e. The van der Waals surface area contributed by atoms with Crippen molar-refractivity contribution >= 4 is 23.5 Å². The van der Waals surface area contributed by atoms with Crippen molar-refractivity contribution in [3.05, 3.63) is 76.5 Å². The predicted molar refractivity (Wildman–Crippen MR) is 125 cm³/mol. The second kappa shape index (κ2) is 9.59. The van der Waals surface area contributed by atoms with Gasteiger partial charge in [0.05, 0.1) is 54.3 Å². The maximum absolute atomic E-state index is 14.0. The molecule has 2 heterocycles. The van der Waals surface area contributed by atoms with Gasteiger partial charge in [-0.25, -0.2) is 14.5 Å². The van der Waals surface area contributed by atoms with Crippen molar-refractivity contribution in [2.24, 2.45) is 0 Å². The number of ketones is 1. The molecule has 1 fully saturated rings. The van der Waals surface area contributed by atoms with Crippen LogP contribution in [0.15, 0.2) is 59.8 Å². The minimum atomic E-state index is -4.68. The first kappa shape index (κ1) is 25.4. The number of halogens is 3. The molecule has 4 amide bonds. The molecule has 2 aromatic rings. The van der Waals surface area contributed by atoms with Crippen LogP contribution >= 0.6 is 0 Å². The number of aliphatic hydroxyl groups excluding tert-OH is 1. The lowest BCUT2D eigenvalue weighted by atomic mass is 9.92. The van der Waals surface area contributed by atoms with Crippen molar-refractivity contribution in [1.29, 1.82) is 5.26 Å². The number of amides is 4. The molecule has 2 N–H and O–H groups in total. The van der Waals surface area contributed by atoms with Gasteiger partial charge >= 0.3 is 18.2 Å². The number of hydrogen-bond acceptors (Lipinski definition) is 6. The van der Waals surface area contributed by atoms with Gasteiger partial charge in [-0.1, -0.05) is 18.2 Å². The zero-order valence-corrected chi connectivity index (χ0v) is 19.7. The lowest BCUT2D eigenvalue weighted by molar-refractivity contribution is -0.137. The van der Waals surface area contributed by atoms with E-state index in [1.807, 2.05) is 6.07 Å². The number of nitrogens with one attached hydrogen (secondary N) is 1. The maximum Gasteiger partial charge on any atom is 0.416 e. The van der Waals surface area contributed by atoms with Crippen LogP contribution in [-0.2, 0) is 15.7 Å². The van der Waals surface area contributed by atoms with Gasteiger partial charge < -0.3 is 15.2 Å². The molecule has 12 heteroatoms. The third-order valence-electron chi connectivity index (χ3n) is 6.76. The van der Waals surface area contributed by atoms with E-state index >= 15 is 0 Å². The second-order valence-corrected chi connectivity index (χ2v) is 9.12. The number of carbonyl (C=O) groups excluding carboxylic acids is 3. The molecule has 38 heavy (non-hydrogen) atoms. The van der Waals surface area contributed by atoms with E-state index in [1.54, 1.807) is 0 Å². The molecule has 3 atom stereocenters. The van der Waals surface area contributed by atoms with Gasteiger partial charge in [-0.2, -0.15) is 18.4 Å². The van der Waals surface area contributed by atoms with Gasteiger partial charge in [-0.3, -0.25) is 9.69 Å². The van der Waals surface area contributed by atoms with Crippen LogP contribution in [0.2, 0.25) is 0 Å². The molecule has 9 nitrogen and oxygen atoms in total. The predicted octanol–water partition coefficient (Wildman–Crippen LogP) is 3.65. The summed E-state index contributed by atoms with van der Waals surface area (Å²) in [5, 5.41) is 21.8. The van der Waals surface area contributed by atoms with Crippen molar-refractivity contribution in [3.8, 4) is 6.07 Å². The molecule has 196 valence electrons. The number of allylic oxidation sites excluding steroid dienone is 1. The summed E-state index contributed by atoms with van der Waals surface area (Å²) < 4.78 is 45.6. The minimum absolute atomic E-state index is 0.00479. The maximum atomic E-state index is 14.0. The summed E-state index contributed by atoms with van der Waals surface area (Å²) in [6.07, 6.45) is -5.62. The summed E-state index contributed by atoms with van der Waals surface area (Å²) in [7, 11) is 0. The number of nitriles is 1. The fourth-order valence-corrected chi connectivity index (χ4v) is 4.92. The molecule has 2 aromatic carbocycles. The highest BCUT2D eigenvalue weighted by Gasteiger charge is 2.49. The molecule has 0 aromatic heterocycles. The number of benzene rings is 2. The average molecular weight is 526 g/mol. The lowest BCUT2D eigenvalue weighted by Gasteiger charge is -2.41. The monoisotopic (exact) mass is 526 g/mol. The van der Waals surface area contributed by atoms with Gasteiger partial charge in [-0.05, 0) is 42.3 Å². The quantitative estimate of drug-likeness (QED) is 0.630. The number of carbonyl (C=O) groups is 3. The van der Waals surface area contributed by atoms with Gasteiger partial charge in [0.1, 0.15) is 0 Å². The minimum Gasteiger partial charge on any atom is -0.388 e. The van der Waals surface area contributed by atoms with Gasteiger partial charge in [0.25, 0.3) is 0 Å². The Hall–Kier alpha value is -4.21. The SMILES string of the molecule is N#Cc1ccc([C@@H]2C3=C(CCC3=O)N(c3cccc(C(F)(F)F)c3)C(=O)N2C(=O)N[C@H]2COC[C@@H]2O)cc1. The van der Waals surface area contributed by atoms with E-state index in [0.717, 1.165) is 28.0 Å². The summed E-state index contributed by atoms with van der Waals surface area (Å²) >= 11 is 0. The molecule has 0 bridgehead atoms. The Balaban J connectivity index is 1.66. The van der Waals surface area contributed by atoms with Crippen molar-refractivity contribution < 1.29 is 37.4 Å². The first-order chi connectivity index (χ1) is 18.1. The summed E-state index contributed by atoms with van der Waals surface area (Å²) in [6.45, 7) is -0.0389. The number of ether oxygens (including phenoxy) is 1. The molecule has 0 saturated carbocycles. The van der Waals surface area contributed by atoms with Crippen LogP contribution in [0.5, 0.6) is 0 Å². The zero-order chi connectivity index (χ0) is 27.2. The second-order valence-electron chi connectivity index (χ2n) is 9.12. The normalized spacial score (nSPS) is 23.5. The van der Waals surface area contributed by atoms with E-state index in [9.17, 15) is 37.9 Å².